The van der Waals surface area contributed by atoms with Crippen molar-refractivity contribution in [2.45, 2.75) is 37.6 Å². The van der Waals surface area contributed by atoms with Gasteiger partial charge in [0, 0.05) is 18.3 Å². The molecule has 4 atom stereocenters. The third-order valence-corrected chi connectivity index (χ3v) is 6.97. The van der Waals surface area contributed by atoms with E-state index in [-0.39, 0.29) is 23.8 Å². The summed E-state index contributed by atoms with van der Waals surface area (Å²) in [5, 5.41) is 3.10. The van der Waals surface area contributed by atoms with E-state index in [9.17, 15) is 9.59 Å². The molecule has 1 amide bonds. The molecule has 3 heterocycles. The summed E-state index contributed by atoms with van der Waals surface area (Å²) in [5.41, 5.74) is 2.05. The molecule has 4 rings (SSSR count). The van der Waals surface area contributed by atoms with Crippen molar-refractivity contribution < 1.29 is 19.1 Å². The van der Waals surface area contributed by atoms with Crippen LogP contribution >= 0.6 is 0 Å². The van der Waals surface area contributed by atoms with E-state index in [1.165, 1.54) is 13.4 Å². The smallest absolute Gasteiger partial charge is 0.337 e. The van der Waals surface area contributed by atoms with E-state index >= 15 is 0 Å². The van der Waals surface area contributed by atoms with E-state index in [0.29, 0.717) is 11.5 Å². The first-order valence-electron chi connectivity index (χ1n) is 10.0. The van der Waals surface area contributed by atoms with Crippen LogP contribution in [0.2, 0.25) is 0 Å². The number of carbonyl (C=O) groups is 2. The average molecular weight is 384 g/mol. The van der Waals surface area contributed by atoms with Gasteiger partial charge in [-0.15, -0.1) is 0 Å². The van der Waals surface area contributed by atoms with Crippen molar-refractivity contribution in [3.05, 3.63) is 41.7 Å². The molecule has 28 heavy (non-hydrogen) atoms. The molecule has 0 unspecified atom stereocenters. The van der Waals surface area contributed by atoms with Crippen LogP contribution in [0, 0.1) is 11.8 Å². The van der Waals surface area contributed by atoms with Crippen molar-refractivity contribution in [3.8, 4) is 0 Å². The van der Waals surface area contributed by atoms with Crippen LogP contribution < -0.4 is 5.32 Å². The van der Waals surface area contributed by atoms with E-state index in [1.54, 1.807) is 7.11 Å². The number of anilines is 1. The number of carbonyl (C=O) groups excluding carboxylic acids is 2. The summed E-state index contributed by atoms with van der Waals surface area (Å²) < 4.78 is 10.3. The Kier molecular flexibility index (Phi) is 4.91. The Hall–Kier alpha value is -2.34. The molecule has 1 spiro atoms. The highest BCUT2D eigenvalue weighted by atomic mass is 16.5. The number of benzene rings is 1. The van der Waals surface area contributed by atoms with E-state index < -0.39 is 5.41 Å². The molecule has 1 aromatic rings. The Morgan fingerprint density at radius 3 is 2.86 bits per heavy atom. The summed E-state index contributed by atoms with van der Waals surface area (Å²) in [4.78, 5) is 28.1. The molecule has 2 fully saturated rings. The number of nitrogens with zero attached hydrogens (tertiary/aromatic N) is 1. The van der Waals surface area contributed by atoms with Crippen LogP contribution in [0.3, 0.4) is 0 Å². The summed E-state index contributed by atoms with van der Waals surface area (Å²) in [6, 6.07) is 8.07. The summed E-state index contributed by atoms with van der Waals surface area (Å²) in [5.74, 6) is 0.0769. The van der Waals surface area contributed by atoms with Crippen LogP contribution in [0.15, 0.2) is 36.1 Å². The number of fused-ring (bicyclic) bond motifs is 4. The third kappa shape index (κ3) is 2.65. The first kappa shape index (κ1) is 19.0. The molecule has 0 bridgehead atoms. The minimum atomic E-state index is -0.540. The summed E-state index contributed by atoms with van der Waals surface area (Å²) in [6.07, 6.45) is 4.04. The van der Waals surface area contributed by atoms with Crippen LogP contribution in [-0.4, -0.2) is 50.1 Å². The highest BCUT2D eigenvalue weighted by molar-refractivity contribution is 6.07. The minimum absolute atomic E-state index is 0.00851. The van der Waals surface area contributed by atoms with Crippen molar-refractivity contribution in [1.29, 1.82) is 0 Å². The van der Waals surface area contributed by atoms with Gasteiger partial charge in [0.05, 0.1) is 31.5 Å². The standard InChI is InChI=1S/C22H28N2O4/c1-4-14-12-24-10-9-22(17-7-5-6-8-18(17)23-21(22)26)19(24)11-15(14)16(13-27-2)20(25)28-3/h5-8,13-15,19H,4,9-12H2,1-3H3,(H,23,26)/b16-13-/t14-,15-,19-,22+/m1/s1. The first-order valence-corrected chi connectivity index (χ1v) is 10.0. The molecule has 6 nitrogen and oxygen atoms in total. The molecule has 0 aromatic heterocycles. The lowest BCUT2D eigenvalue weighted by atomic mass is 9.67. The summed E-state index contributed by atoms with van der Waals surface area (Å²) in [7, 11) is 2.95. The zero-order chi connectivity index (χ0) is 19.9. The van der Waals surface area contributed by atoms with Gasteiger partial charge in [0.15, 0.2) is 0 Å². The summed E-state index contributed by atoms with van der Waals surface area (Å²) in [6.45, 7) is 3.93. The molecule has 150 valence electrons. The van der Waals surface area contributed by atoms with E-state index in [1.807, 2.05) is 18.2 Å². The lowest BCUT2D eigenvalue weighted by Crippen LogP contribution is -2.53. The second-order valence-corrected chi connectivity index (χ2v) is 8.04. The number of methoxy groups -OCH3 is 2. The molecule has 3 aliphatic rings. The number of amides is 1. The van der Waals surface area contributed by atoms with Gasteiger partial charge in [0.1, 0.15) is 0 Å². The molecular formula is C22H28N2O4. The maximum absolute atomic E-state index is 13.2. The zero-order valence-corrected chi connectivity index (χ0v) is 16.7. The molecule has 6 heteroatoms. The SMILES string of the molecule is CC[C@@H]1CN2CC[C@@]3(C(=O)Nc4ccccc43)[C@H]2C[C@H]1/C(=C/OC)C(=O)OC. The van der Waals surface area contributed by atoms with Crippen molar-refractivity contribution in [1.82, 2.24) is 4.90 Å². The number of hydrogen-bond acceptors (Lipinski definition) is 5. The predicted octanol–water partition coefficient (Wildman–Crippen LogP) is 2.70. The fourth-order valence-corrected chi connectivity index (χ4v) is 5.63. The van der Waals surface area contributed by atoms with Gasteiger partial charge in [-0.2, -0.15) is 0 Å². The number of nitrogens with one attached hydrogen (secondary N) is 1. The van der Waals surface area contributed by atoms with Gasteiger partial charge in [-0.1, -0.05) is 31.5 Å². The number of piperidine rings is 1. The monoisotopic (exact) mass is 384 g/mol. The second-order valence-electron chi connectivity index (χ2n) is 8.04. The van der Waals surface area contributed by atoms with E-state index in [2.05, 4.69) is 23.2 Å². The summed E-state index contributed by atoms with van der Waals surface area (Å²) >= 11 is 0. The van der Waals surface area contributed by atoms with Crippen LogP contribution in [0.5, 0.6) is 0 Å². The molecule has 3 aliphatic heterocycles. The Balaban J connectivity index is 1.74. The number of ether oxygens (including phenoxy) is 2. The highest BCUT2D eigenvalue weighted by Gasteiger charge is 2.60. The topological polar surface area (TPSA) is 67.9 Å². The van der Waals surface area contributed by atoms with Gasteiger partial charge in [-0.25, -0.2) is 4.79 Å². The highest BCUT2D eigenvalue weighted by Crippen LogP contribution is 2.53. The van der Waals surface area contributed by atoms with Crippen LogP contribution in [0.1, 0.15) is 31.7 Å². The fraction of sp³-hybridized carbons (Fsp3) is 0.545. The Labute approximate surface area is 165 Å². The Bertz CT molecular complexity index is 821. The maximum atomic E-state index is 13.2. The molecule has 1 aromatic carbocycles. The quantitative estimate of drug-likeness (QED) is 0.491. The van der Waals surface area contributed by atoms with Gasteiger partial charge in [-0.05, 0) is 42.9 Å². The number of hydrogen-bond donors (Lipinski definition) is 1. The largest absolute Gasteiger partial charge is 0.504 e. The van der Waals surface area contributed by atoms with Gasteiger partial charge >= 0.3 is 5.97 Å². The minimum Gasteiger partial charge on any atom is -0.504 e. The lowest BCUT2D eigenvalue weighted by molar-refractivity contribution is -0.137. The fourth-order valence-electron chi connectivity index (χ4n) is 5.63. The van der Waals surface area contributed by atoms with Gasteiger partial charge in [-0.3, -0.25) is 9.69 Å². The van der Waals surface area contributed by atoms with Crippen molar-refractivity contribution >= 4 is 17.6 Å². The molecule has 0 radical (unpaired) electrons. The van der Waals surface area contributed by atoms with E-state index in [4.69, 9.17) is 9.47 Å². The van der Waals surface area contributed by atoms with Gasteiger partial charge in [0.2, 0.25) is 5.91 Å². The average Bonchev–Trinajstić information content (AvgIpc) is 3.23. The number of esters is 1. The maximum Gasteiger partial charge on any atom is 0.337 e. The van der Waals surface area contributed by atoms with Crippen molar-refractivity contribution in [2.75, 3.05) is 32.6 Å². The molecular weight excluding hydrogens is 356 g/mol. The zero-order valence-electron chi connectivity index (χ0n) is 16.7. The predicted molar refractivity (Wildman–Crippen MR) is 106 cm³/mol. The first-order chi connectivity index (χ1) is 13.6. The van der Waals surface area contributed by atoms with Gasteiger partial charge in [0.25, 0.3) is 0 Å². The normalized spacial score (nSPS) is 32.0. The number of rotatable bonds is 4. The molecule has 2 saturated heterocycles. The Morgan fingerprint density at radius 2 is 2.14 bits per heavy atom. The van der Waals surface area contributed by atoms with Crippen molar-refractivity contribution in [3.63, 3.8) is 0 Å². The van der Waals surface area contributed by atoms with Gasteiger partial charge < -0.3 is 14.8 Å². The Morgan fingerprint density at radius 1 is 1.36 bits per heavy atom. The van der Waals surface area contributed by atoms with E-state index in [0.717, 1.165) is 43.6 Å². The number of para-hydroxylation sites is 1. The van der Waals surface area contributed by atoms with Crippen LogP contribution in [-0.2, 0) is 24.5 Å². The molecule has 0 saturated carbocycles. The van der Waals surface area contributed by atoms with Crippen LogP contribution in [0.4, 0.5) is 5.69 Å². The van der Waals surface area contributed by atoms with Crippen LogP contribution in [0.25, 0.3) is 0 Å². The second kappa shape index (κ2) is 7.24. The molecule has 1 N–H and O–H groups in total. The van der Waals surface area contributed by atoms with Crippen molar-refractivity contribution in [2.24, 2.45) is 11.8 Å². The lowest BCUT2D eigenvalue weighted by Gasteiger charge is -2.45. The third-order valence-electron chi connectivity index (χ3n) is 6.97. The molecule has 0 aliphatic carbocycles.